The highest BCUT2D eigenvalue weighted by Crippen LogP contribution is 2.58. The molecule has 1 aromatic rings. The molecule has 0 spiro atoms. The predicted octanol–water partition coefficient (Wildman–Crippen LogP) is 6.67. The second-order valence-corrected chi connectivity index (χ2v) is 9.41. The van der Waals surface area contributed by atoms with Crippen molar-refractivity contribution in [2.45, 2.75) is 72.3 Å². The number of ether oxygens (including phenoxy) is 1. The van der Waals surface area contributed by atoms with E-state index in [2.05, 4.69) is 39.8 Å². The quantitative estimate of drug-likeness (QED) is 0.414. The lowest BCUT2D eigenvalue weighted by Gasteiger charge is -2.45. The molecule has 148 valence electrons. The number of fused-ring (bicyclic) bond motifs is 1. The van der Waals surface area contributed by atoms with Crippen LogP contribution in [0.5, 0.6) is 0 Å². The van der Waals surface area contributed by atoms with Crippen molar-refractivity contribution in [1.29, 1.82) is 0 Å². The molecule has 2 fully saturated rings. The van der Waals surface area contributed by atoms with Crippen LogP contribution in [0.3, 0.4) is 0 Å². The summed E-state index contributed by atoms with van der Waals surface area (Å²) in [5.41, 5.74) is 0.964. The van der Waals surface area contributed by atoms with Gasteiger partial charge in [0, 0.05) is 5.92 Å². The van der Waals surface area contributed by atoms with Crippen molar-refractivity contribution in [3.05, 3.63) is 48.0 Å². The number of rotatable bonds is 6. The van der Waals surface area contributed by atoms with Gasteiger partial charge in [0.1, 0.15) is 6.10 Å². The minimum atomic E-state index is -0.154. The van der Waals surface area contributed by atoms with E-state index in [1.807, 2.05) is 30.3 Å². The Morgan fingerprint density at radius 1 is 1.19 bits per heavy atom. The van der Waals surface area contributed by atoms with Crippen molar-refractivity contribution >= 4 is 5.97 Å². The molecule has 2 nitrogen and oxygen atoms in total. The van der Waals surface area contributed by atoms with Gasteiger partial charge in [-0.05, 0) is 73.8 Å². The average molecular weight is 369 g/mol. The summed E-state index contributed by atoms with van der Waals surface area (Å²) in [4.78, 5) is 12.6. The van der Waals surface area contributed by atoms with E-state index in [-0.39, 0.29) is 12.1 Å². The molecule has 2 aliphatic rings. The maximum absolute atomic E-state index is 12.6. The minimum absolute atomic E-state index is 0.0771. The first-order valence-electron chi connectivity index (χ1n) is 10.8. The molecule has 0 aliphatic heterocycles. The Hall–Kier alpha value is -1.57. The summed E-state index contributed by atoms with van der Waals surface area (Å²) in [6, 6.07) is 9.44. The predicted molar refractivity (Wildman–Crippen MR) is 112 cm³/mol. The molecule has 0 bridgehead atoms. The van der Waals surface area contributed by atoms with Crippen LogP contribution in [0.15, 0.2) is 42.5 Å². The summed E-state index contributed by atoms with van der Waals surface area (Å²) in [5, 5.41) is 0. The standard InChI is InChI=1S/C25H36O2/c1-18(2)10-8-11-19(3)21-15-16-22-23(14-9-17-25(21,22)4)27-24(26)20-12-6-5-7-13-20/h5-8,11-13,18-19,21-23H,9-10,14-17H2,1-4H3/b11-8+/t19-,21-,22+,23+,25-/m1/s1. The van der Waals surface area contributed by atoms with Crippen molar-refractivity contribution in [2.75, 3.05) is 0 Å². The Morgan fingerprint density at radius 2 is 1.93 bits per heavy atom. The van der Waals surface area contributed by atoms with Crippen molar-refractivity contribution < 1.29 is 9.53 Å². The molecule has 0 heterocycles. The third-order valence-electron chi connectivity index (χ3n) is 7.09. The van der Waals surface area contributed by atoms with Gasteiger partial charge in [0.05, 0.1) is 5.56 Å². The van der Waals surface area contributed by atoms with E-state index in [0.717, 1.165) is 18.8 Å². The van der Waals surface area contributed by atoms with E-state index in [1.165, 1.54) is 25.7 Å². The summed E-state index contributed by atoms with van der Waals surface area (Å²) < 4.78 is 6.04. The highest BCUT2D eigenvalue weighted by Gasteiger charge is 2.53. The van der Waals surface area contributed by atoms with Gasteiger partial charge in [-0.15, -0.1) is 0 Å². The lowest BCUT2D eigenvalue weighted by molar-refractivity contribution is -0.0444. The smallest absolute Gasteiger partial charge is 0.338 e. The molecular formula is C25H36O2. The summed E-state index contributed by atoms with van der Waals surface area (Å²) in [6.07, 6.45) is 12.0. The first kappa shape index (κ1) is 20.2. The molecule has 3 rings (SSSR count). The Kier molecular flexibility index (Phi) is 6.44. The zero-order chi connectivity index (χ0) is 19.4. The second-order valence-electron chi connectivity index (χ2n) is 9.41. The largest absolute Gasteiger partial charge is 0.458 e. The summed E-state index contributed by atoms with van der Waals surface area (Å²) in [5.74, 6) is 2.37. The van der Waals surface area contributed by atoms with Crippen molar-refractivity contribution in [2.24, 2.45) is 29.1 Å². The molecule has 2 aliphatic carbocycles. The number of esters is 1. The number of hydrogen-bond donors (Lipinski definition) is 0. The zero-order valence-corrected chi connectivity index (χ0v) is 17.5. The number of carbonyl (C=O) groups is 1. The highest BCUT2D eigenvalue weighted by molar-refractivity contribution is 5.89. The van der Waals surface area contributed by atoms with E-state index in [1.54, 1.807) is 0 Å². The van der Waals surface area contributed by atoms with Crippen LogP contribution in [0.1, 0.15) is 76.6 Å². The fraction of sp³-hybridized carbons (Fsp3) is 0.640. The molecule has 0 aromatic heterocycles. The van der Waals surface area contributed by atoms with Crippen LogP contribution in [0.2, 0.25) is 0 Å². The van der Waals surface area contributed by atoms with Crippen LogP contribution in [-0.2, 0) is 4.74 Å². The van der Waals surface area contributed by atoms with Crippen LogP contribution < -0.4 is 0 Å². The number of benzene rings is 1. The van der Waals surface area contributed by atoms with Crippen LogP contribution >= 0.6 is 0 Å². The normalized spacial score (nSPS) is 31.8. The van der Waals surface area contributed by atoms with Gasteiger partial charge in [-0.25, -0.2) is 4.79 Å². The van der Waals surface area contributed by atoms with Crippen molar-refractivity contribution in [1.82, 2.24) is 0 Å². The van der Waals surface area contributed by atoms with Gasteiger partial charge < -0.3 is 4.74 Å². The van der Waals surface area contributed by atoms with Crippen LogP contribution in [0.25, 0.3) is 0 Å². The Morgan fingerprint density at radius 3 is 2.63 bits per heavy atom. The van der Waals surface area contributed by atoms with Gasteiger partial charge in [0.2, 0.25) is 0 Å². The third kappa shape index (κ3) is 4.47. The Bertz CT molecular complexity index is 648. The van der Waals surface area contributed by atoms with E-state index < -0.39 is 0 Å². The maximum Gasteiger partial charge on any atom is 0.338 e. The van der Waals surface area contributed by atoms with Gasteiger partial charge in [-0.2, -0.15) is 0 Å². The lowest BCUT2D eigenvalue weighted by Crippen LogP contribution is -2.43. The number of allylic oxidation sites excluding steroid dienone is 2. The first-order chi connectivity index (χ1) is 12.9. The number of carbonyl (C=O) groups excluding carboxylic acids is 1. The minimum Gasteiger partial charge on any atom is -0.458 e. The fourth-order valence-corrected chi connectivity index (χ4v) is 5.64. The van der Waals surface area contributed by atoms with Crippen molar-refractivity contribution in [3.8, 4) is 0 Å². The van der Waals surface area contributed by atoms with Gasteiger partial charge >= 0.3 is 5.97 Å². The molecular weight excluding hydrogens is 332 g/mol. The summed E-state index contributed by atoms with van der Waals surface area (Å²) >= 11 is 0. The molecule has 1 aromatic carbocycles. The van der Waals surface area contributed by atoms with E-state index in [4.69, 9.17) is 4.74 Å². The SMILES string of the molecule is CC(C)C/C=C/[C@@H](C)[C@H]1CC[C@H]2[C@@H](OC(=O)c3ccccc3)CCC[C@]12C. The summed E-state index contributed by atoms with van der Waals surface area (Å²) in [6.45, 7) is 9.39. The first-order valence-corrected chi connectivity index (χ1v) is 10.8. The van der Waals surface area contributed by atoms with E-state index in [9.17, 15) is 4.79 Å². The molecule has 0 amide bonds. The summed E-state index contributed by atoms with van der Waals surface area (Å²) in [7, 11) is 0. The van der Waals surface area contributed by atoms with Gasteiger partial charge in [0.25, 0.3) is 0 Å². The molecule has 2 saturated carbocycles. The van der Waals surface area contributed by atoms with E-state index in [0.29, 0.717) is 28.7 Å². The third-order valence-corrected chi connectivity index (χ3v) is 7.09. The zero-order valence-electron chi connectivity index (χ0n) is 17.5. The monoisotopic (exact) mass is 368 g/mol. The lowest BCUT2D eigenvalue weighted by atomic mass is 9.62. The van der Waals surface area contributed by atoms with Gasteiger partial charge in [0.15, 0.2) is 0 Å². The topological polar surface area (TPSA) is 26.3 Å². The molecule has 2 heteroatoms. The second kappa shape index (κ2) is 8.63. The molecule has 0 saturated heterocycles. The van der Waals surface area contributed by atoms with Crippen LogP contribution in [-0.4, -0.2) is 12.1 Å². The number of hydrogen-bond acceptors (Lipinski definition) is 2. The Labute approximate surface area is 165 Å². The van der Waals surface area contributed by atoms with E-state index >= 15 is 0 Å². The molecule has 27 heavy (non-hydrogen) atoms. The fourth-order valence-electron chi connectivity index (χ4n) is 5.64. The molecule has 0 radical (unpaired) electrons. The Balaban J connectivity index is 1.68. The molecule has 5 atom stereocenters. The maximum atomic E-state index is 12.6. The van der Waals surface area contributed by atoms with Gasteiger partial charge in [-0.3, -0.25) is 0 Å². The van der Waals surface area contributed by atoms with Crippen molar-refractivity contribution in [3.63, 3.8) is 0 Å². The molecule has 0 N–H and O–H groups in total. The molecule has 0 unspecified atom stereocenters. The average Bonchev–Trinajstić information content (AvgIpc) is 3.00. The van der Waals surface area contributed by atoms with Crippen LogP contribution in [0, 0.1) is 29.1 Å². The highest BCUT2D eigenvalue weighted by atomic mass is 16.5. The van der Waals surface area contributed by atoms with Gasteiger partial charge in [-0.1, -0.05) is 58.0 Å². The van der Waals surface area contributed by atoms with Crippen LogP contribution in [0.4, 0.5) is 0 Å².